The van der Waals surface area contributed by atoms with Crippen molar-refractivity contribution in [2.75, 3.05) is 0 Å². The molecule has 0 aromatic heterocycles. The SMILES string of the molecule is C=CC(=O)NO[Si](C)(C)CC(C)C. The van der Waals surface area contributed by atoms with Gasteiger partial charge in [0.2, 0.25) is 8.32 Å². The molecule has 0 aromatic carbocycles. The van der Waals surface area contributed by atoms with Crippen molar-refractivity contribution in [2.24, 2.45) is 5.92 Å². The lowest BCUT2D eigenvalue weighted by atomic mass is 10.3. The van der Waals surface area contributed by atoms with Gasteiger partial charge in [-0.05, 0) is 31.1 Å². The first-order valence-electron chi connectivity index (χ1n) is 4.48. The minimum absolute atomic E-state index is 0.274. The highest BCUT2D eigenvalue weighted by Crippen LogP contribution is 2.16. The van der Waals surface area contributed by atoms with Crippen LogP contribution in [0.5, 0.6) is 0 Å². The van der Waals surface area contributed by atoms with E-state index < -0.39 is 8.32 Å². The Bertz CT molecular complexity index is 190. The van der Waals surface area contributed by atoms with Crippen LogP contribution in [0.15, 0.2) is 12.7 Å². The molecule has 0 radical (unpaired) electrons. The molecule has 3 nitrogen and oxygen atoms in total. The molecule has 0 aliphatic carbocycles. The van der Waals surface area contributed by atoms with Gasteiger partial charge in [0.05, 0.1) is 0 Å². The molecule has 0 aromatic rings. The third-order valence-electron chi connectivity index (χ3n) is 1.51. The maximum Gasteiger partial charge on any atom is 0.265 e. The standard InChI is InChI=1S/C9H19NO2Si/c1-6-9(11)10-12-13(4,5)7-8(2)3/h6,8H,1,7H2,2-5H3,(H,10,11). The van der Waals surface area contributed by atoms with E-state index in [1.807, 2.05) is 0 Å². The van der Waals surface area contributed by atoms with Crippen molar-refractivity contribution in [3.63, 3.8) is 0 Å². The number of hydroxylamine groups is 1. The van der Waals surface area contributed by atoms with Crippen LogP contribution < -0.4 is 5.48 Å². The first-order chi connectivity index (χ1) is 5.87. The van der Waals surface area contributed by atoms with Crippen LogP contribution in [-0.2, 0) is 9.32 Å². The van der Waals surface area contributed by atoms with Crippen LogP contribution in [0.1, 0.15) is 13.8 Å². The van der Waals surface area contributed by atoms with E-state index >= 15 is 0 Å². The maximum atomic E-state index is 10.8. The summed E-state index contributed by atoms with van der Waals surface area (Å²) in [7, 11) is -1.73. The molecule has 1 N–H and O–H groups in total. The molecule has 0 saturated heterocycles. The van der Waals surface area contributed by atoms with Gasteiger partial charge in [0, 0.05) is 0 Å². The third-order valence-corrected chi connectivity index (χ3v) is 3.97. The minimum Gasteiger partial charge on any atom is -0.320 e. The summed E-state index contributed by atoms with van der Waals surface area (Å²) in [4.78, 5) is 10.8. The first-order valence-corrected chi connectivity index (χ1v) is 7.59. The fourth-order valence-corrected chi connectivity index (χ4v) is 3.68. The van der Waals surface area contributed by atoms with Crippen LogP contribution in [0.4, 0.5) is 0 Å². The van der Waals surface area contributed by atoms with Crippen molar-refractivity contribution in [1.29, 1.82) is 0 Å². The summed E-state index contributed by atoms with van der Waals surface area (Å²) in [6.07, 6.45) is 1.21. The Morgan fingerprint density at radius 2 is 2.15 bits per heavy atom. The predicted molar refractivity (Wildman–Crippen MR) is 56.6 cm³/mol. The largest absolute Gasteiger partial charge is 0.320 e. The van der Waals surface area contributed by atoms with E-state index in [4.69, 9.17) is 4.53 Å². The summed E-state index contributed by atoms with van der Waals surface area (Å²) in [5.74, 6) is 0.326. The van der Waals surface area contributed by atoms with Gasteiger partial charge < -0.3 is 4.53 Å². The average Bonchev–Trinajstić information content (AvgIpc) is 1.98. The van der Waals surface area contributed by atoms with Gasteiger partial charge in [-0.25, -0.2) is 5.48 Å². The molecule has 0 aliphatic heterocycles. The second kappa shape index (κ2) is 5.19. The van der Waals surface area contributed by atoms with E-state index in [0.29, 0.717) is 5.92 Å². The van der Waals surface area contributed by atoms with Gasteiger partial charge >= 0.3 is 0 Å². The van der Waals surface area contributed by atoms with E-state index in [1.165, 1.54) is 6.08 Å². The van der Waals surface area contributed by atoms with Crippen LogP contribution >= 0.6 is 0 Å². The Labute approximate surface area is 81.3 Å². The van der Waals surface area contributed by atoms with E-state index in [1.54, 1.807) is 0 Å². The topological polar surface area (TPSA) is 38.3 Å². The number of amides is 1. The Morgan fingerprint density at radius 3 is 2.54 bits per heavy atom. The van der Waals surface area contributed by atoms with Crippen LogP contribution in [0.2, 0.25) is 19.1 Å². The fraction of sp³-hybridized carbons (Fsp3) is 0.667. The number of nitrogens with one attached hydrogen (secondary N) is 1. The first kappa shape index (κ1) is 12.4. The zero-order valence-electron chi connectivity index (χ0n) is 8.89. The van der Waals surface area contributed by atoms with E-state index in [-0.39, 0.29) is 5.91 Å². The quantitative estimate of drug-likeness (QED) is 0.420. The molecular weight excluding hydrogens is 182 g/mol. The monoisotopic (exact) mass is 201 g/mol. The van der Waals surface area contributed by atoms with Gasteiger partial charge in [-0.2, -0.15) is 0 Å². The van der Waals surface area contributed by atoms with Crippen LogP contribution in [-0.4, -0.2) is 14.2 Å². The van der Waals surface area contributed by atoms with Gasteiger partial charge in [-0.15, -0.1) is 0 Å². The lowest BCUT2D eigenvalue weighted by Gasteiger charge is -2.23. The normalized spacial score (nSPS) is 11.5. The van der Waals surface area contributed by atoms with Gasteiger partial charge in [-0.1, -0.05) is 20.4 Å². The molecule has 4 heteroatoms. The van der Waals surface area contributed by atoms with Crippen molar-refractivity contribution in [2.45, 2.75) is 33.0 Å². The lowest BCUT2D eigenvalue weighted by Crippen LogP contribution is -2.40. The van der Waals surface area contributed by atoms with Crippen LogP contribution in [0.3, 0.4) is 0 Å². The molecule has 0 spiro atoms. The zero-order chi connectivity index (χ0) is 10.5. The molecular formula is C9H19NO2Si. The van der Waals surface area contributed by atoms with E-state index in [2.05, 4.69) is 39.0 Å². The number of hydrogen-bond acceptors (Lipinski definition) is 2. The minimum atomic E-state index is -1.73. The van der Waals surface area contributed by atoms with Crippen molar-refractivity contribution >= 4 is 14.2 Å². The molecule has 76 valence electrons. The summed E-state index contributed by atoms with van der Waals surface area (Å²) >= 11 is 0. The molecule has 0 unspecified atom stereocenters. The Kier molecular flexibility index (Phi) is 4.94. The van der Waals surface area contributed by atoms with Crippen molar-refractivity contribution in [3.05, 3.63) is 12.7 Å². The summed E-state index contributed by atoms with van der Waals surface area (Å²) in [5, 5.41) is 0. The van der Waals surface area contributed by atoms with Crippen LogP contribution in [0, 0.1) is 5.92 Å². The molecule has 0 rings (SSSR count). The Morgan fingerprint density at radius 1 is 1.62 bits per heavy atom. The highest BCUT2D eigenvalue weighted by atomic mass is 28.4. The molecule has 13 heavy (non-hydrogen) atoms. The summed E-state index contributed by atoms with van der Waals surface area (Å²) < 4.78 is 5.36. The number of rotatable bonds is 5. The lowest BCUT2D eigenvalue weighted by molar-refractivity contribution is -0.123. The van der Waals surface area contributed by atoms with Crippen LogP contribution in [0.25, 0.3) is 0 Å². The molecule has 0 atom stereocenters. The summed E-state index contributed by atoms with van der Waals surface area (Å²) in [5.41, 5.74) is 2.38. The highest BCUT2D eigenvalue weighted by molar-refractivity contribution is 6.71. The molecule has 0 fully saturated rings. The summed E-state index contributed by atoms with van der Waals surface area (Å²) in [6, 6.07) is 1.03. The molecule has 1 amide bonds. The van der Waals surface area contributed by atoms with E-state index in [0.717, 1.165) is 6.04 Å². The maximum absolute atomic E-state index is 10.8. The van der Waals surface area contributed by atoms with Gasteiger partial charge in [0.25, 0.3) is 5.91 Å². The Hall–Kier alpha value is -0.613. The van der Waals surface area contributed by atoms with Crippen molar-refractivity contribution < 1.29 is 9.32 Å². The van der Waals surface area contributed by atoms with Crippen molar-refractivity contribution in [1.82, 2.24) is 5.48 Å². The van der Waals surface area contributed by atoms with Gasteiger partial charge in [0.15, 0.2) is 0 Å². The summed E-state index contributed by atoms with van der Waals surface area (Å²) in [6.45, 7) is 11.8. The smallest absolute Gasteiger partial charge is 0.265 e. The number of hydrogen-bond donors (Lipinski definition) is 1. The molecule has 0 heterocycles. The second-order valence-electron chi connectivity index (χ2n) is 4.13. The Balaban J connectivity index is 3.88. The van der Waals surface area contributed by atoms with Crippen molar-refractivity contribution in [3.8, 4) is 0 Å². The molecule has 0 aliphatic rings. The molecule has 0 bridgehead atoms. The zero-order valence-corrected chi connectivity index (χ0v) is 9.89. The fourth-order valence-electron chi connectivity index (χ4n) is 1.25. The predicted octanol–water partition coefficient (Wildman–Crippen LogP) is 2.08. The number of carbonyl (C=O) groups is 1. The number of carbonyl (C=O) groups excluding carboxylic acids is 1. The second-order valence-corrected chi connectivity index (χ2v) is 8.26. The van der Waals surface area contributed by atoms with Gasteiger partial charge in [-0.3, -0.25) is 4.79 Å². The highest BCUT2D eigenvalue weighted by Gasteiger charge is 2.25. The third kappa shape index (κ3) is 6.54. The van der Waals surface area contributed by atoms with E-state index in [9.17, 15) is 4.79 Å². The average molecular weight is 201 g/mol. The van der Waals surface area contributed by atoms with Gasteiger partial charge in [0.1, 0.15) is 0 Å². The molecule has 0 saturated carbocycles.